The van der Waals surface area contributed by atoms with Crippen LogP contribution in [0.3, 0.4) is 0 Å². The van der Waals surface area contributed by atoms with Gasteiger partial charge in [0.25, 0.3) is 0 Å². The van der Waals surface area contributed by atoms with Gasteiger partial charge in [-0.15, -0.1) is 0 Å². The number of aliphatic hydroxyl groups is 1. The minimum absolute atomic E-state index is 0. The van der Waals surface area contributed by atoms with Crippen LogP contribution in [-0.4, -0.2) is 62.1 Å². The first-order valence-electron chi connectivity index (χ1n) is 2.84. The average molecular weight is 142 g/mol. The Balaban J connectivity index is 0. The van der Waals surface area contributed by atoms with Crippen LogP contribution in [0.2, 0.25) is 0 Å². The van der Waals surface area contributed by atoms with Gasteiger partial charge in [0.1, 0.15) is 0 Å². The Morgan fingerprint density at radius 3 is 1.50 bits per heavy atom. The Kier molecular flexibility index (Phi) is 8.27. The molecule has 0 atom stereocenters. The molecule has 0 rings (SSSR count). The first-order chi connectivity index (χ1) is 3.12. The first kappa shape index (κ1) is 12.3. The van der Waals surface area contributed by atoms with E-state index in [-0.39, 0.29) is 51.4 Å². The summed E-state index contributed by atoms with van der Waals surface area (Å²) >= 11 is 0. The van der Waals surface area contributed by atoms with Gasteiger partial charge < -0.3 is 5.11 Å². The Morgan fingerprint density at radius 2 is 1.50 bits per heavy atom. The van der Waals surface area contributed by atoms with Crippen molar-refractivity contribution in [2.75, 3.05) is 0 Å². The molecule has 0 heterocycles. The Bertz CT molecular complexity index is 46.5. The normalized spacial score (nSPS) is 10.5. The molecule has 0 spiro atoms. The van der Waals surface area contributed by atoms with Gasteiger partial charge in [-0.1, -0.05) is 13.8 Å². The molecule has 0 unspecified atom stereocenters. The van der Waals surface area contributed by atoms with Gasteiger partial charge in [0.15, 0.2) is 0 Å². The molecule has 0 aliphatic carbocycles. The van der Waals surface area contributed by atoms with Crippen LogP contribution in [-0.2, 0) is 0 Å². The van der Waals surface area contributed by atoms with Crippen LogP contribution in [0.15, 0.2) is 0 Å². The Hall–Kier alpha value is 1.60. The molecule has 2 heteroatoms. The maximum atomic E-state index is 9.13. The fourth-order valence-corrected chi connectivity index (χ4v) is 0.250. The molecule has 1 N–H and O–H groups in total. The van der Waals surface area contributed by atoms with Crippen molar-refractivity contribution in [1.82, 2.24) is 0 Å². The zero-order valence-corrected chi connectivity index (χ0v) is 5.36. The fourth-order valence-electron chi connectivity index (χ4n) is 0.250. The summed E-state index contributed by atoms with van der Waals surface area (Å²) in [7, 11) is 0. The van der Waals surface area contributed by atoms with Crippen LogP contribution in [0, 0.1) is 0 Å². The molecule has 0 fully saturated rings. The van der Waals surface area contributed by atoms with Crippen molar-refractivity contribution in [3.63, 3.8) is 0 Å². The zero-order chi connectivity index (χ0) is 5.91. The molecule has 8 heavy (non-hydrogen) atoms. The van der Waals surface area contributed by atoms with Crippen LogP contribution in [0.1, 0.15) is 33.6 Å². The standard InChI is InChI=1S/C6H14O.K.H/c1-4-6(3,7)5-2;;/h7H,4-5H2,1-3H3;;. The number of hydrogen-bond acceptors (Lipinski definition) is 1. The van der Waals surface area contributed by atoms with E-state index in [0.717, 1.165) is 12.8 Å². The van der Waals surface area contributed by atoms with Crippen LogP contribution in [0.25, 0.3) is 0 Å². The Morgan fingerprint density at radius 1 is 1.25 bits per heavy atom. The number of hydrogen-bond donors (Lipinski definition) is 1. The Labute approximate surface area is 94.3 Å². The van der Waals surface area contributed by atoms with Crippen molar-refractivity contribution in [3.05, 3.63) is 0 Å². The summed E-state index contributed by atoms with van der Waals surface area (Å²) < 4.78 is 0. The number of rotatable bonds is 2. The summed E-state index contributed by atoms with van der Waals surface area (Å²) in [5, 5.41) is 9.13. The second kappa shape index (κ2) is 5.39. The molecule has 1 nitrogen and oxygen atoms in total. The third kappa shape index (κ3) is 5.73. The van der Waals surface area contributed by atoms with Gasteiger partial charge >= 0.3 is 51.4 Å². The quantitative estimate of drug-likeness (QED) is 0.568. The van der Waals surface area contributed by atoms with Crippen molar-refractivity contribution in [1.29, 1.82) is 0 Å². The summed E-state index contributed by atoms with van der Waals surface area (Å²) in [5.74, 6) is 0. The van der Waals surface area contributed by atoms with E-state index in [1.165, 1.54) is 0 Å². The second-order valence-electron chi connectivity index (χ2n) is 2.20. The summed E-state index contributed by atoms with van der Waals surface area (Å²) in [6.45, 7) is 5.83. The van der Waals surface area contributed by atoms with E-state index in [0.29, 0.717) is 0 Å². The van der Waals surface area contributed by atoms with E-state index >= 15 is 0 Å². The predicted octanol–water partition coefficient (Wildman–Crippen LogP) is 0.909. The maximum absolute atomic E-state index is 9.13. The molecule has 0 amide bonds. The zero-order valence-electron chi connectivity index (χ0n) is 5.36. The third-order valence-electron chi connectivity index (χ3n) is 1.52. The van der Waals surface area contributed by atoms with E-state index in [2.05, 4.69) is 0 Å². The van der Waals surface area contributed by atoms with Gasteiger partial charge in [-0.2, -0.15) is 0 Å². The molecule has 46 valence electrons. The molecular weight excluding hydrogens is 127 g/mol. The van der Waals surface area contributed by atoms with E-state index in [1.807, 2.05) is 20.8 Å². The average Bonchev–Trinajstić information content (AvgIpc) is 1.68. The molecule has 0 aromatic rings. The van der Waals surface area contributed by atoms with Crippen molar-refractivity contribution in [2.24, 2.45) is 0 Å². The van der Waals surface area contributed by atoms with Crippen LogP contribution in [0.4, 0.5) is 0 Å². The third-order valence-corrected chi connectivity index (χ3v) is 1.52. The fraction of sp³-hybridized carbons (Fsp3) is 1.00. The van der Waals surface area contributed by atoms with Gasteiger partial charge in [-0.05, 0) is 19.8 Å². The van der Waals surface area contributed by atoms with Gasteiger partial charge in [0, 0.05) is 0 Å². The molecule has 0 radical (unpaired) electrons. The van der Waals surface area contributed by atoms with Crippen molar-refractivity contribution in [2.45, 2.75) is 39.2 Å². The summed E-state index contributed by atoms with van der Waals surface area (Å²) in [6.07, 6.45) is 1.70. The van der Waals surface area contributed by atoms with Crippen molar-refractivity contribution in [3.8, 4) is 0 Å². The van der Waals surface area contributed by atoms with Gasteiger partial charge in [-0.3, -0.25) is 0 Å². The summed E-state index contributed by atoms with van der Waals surface area (Å²) in [5.41, 5.74) is -0.417. The minimum atomic E-state index is -0.417. The monoisotopic (exact) mass is 142 g/mol. The molecule has 0 aliphatic rings. The molecule has 0 aromatic heterocycles. The predicted molar refractivity (Wildman–Crippen MR) is 38.4 cm³/mol. The van der Waals surface area contributed by atoms with Crippen LogP contribution in [0.5, 0.6) is 0 Å². The molecule has 0 saturated carbocycles. The van der Waals surface area contributed by atoms with Crippen LogP contribution >= 0.6 is 0 Å². The SMILES string of the molecule is CCC(C)(O)CC.[KH]. The van der Waals surface area contributed by atoms with Crippen molar-refractivity contribution < 1.29 is 5.11 Å². The van der Waals surface area contributed by atoms with Crippen LogP contribution < -0.4 is 0 Å². The van der Waals surface area contributed by atoms with E-state index in [4.69, 9.17) is 5.11 Å². The summed E-state index contributed by atoms with van der Waals surface area (Å²) in [6, 6.07) is 0. The van der Waals surface area contributed by atoms with E-state index < -0.39 is 5.60 Å². The molecule has 0 aliphatic heterocycles. The van der Waals surface area contributed by atoms with Crippen molar-refractivity contribution >= 4 is 51.4 Å². The topological polar surface area (TPSA) is 20.2 Å². The van der Waals surface area contributed by atoms with Gasteiger partial charge in [0.2, 0.25) is 0 Å². The molecule has 0 aromatic carbocycles. The van der Waals surface area contributed by atoms with Gasteiger partial charge in [-0.25, -0.2) is 0 Å². The second-order valence-corrected chi connectivity index (χ2v) is 2.20. The molecule has 0 bridgehead atoms. The summed E-state index contributed by atoms with van der Waals surface area (Å²) in [4.78, 5) is 0. The molecular formula is C6H15KO. The van der Waals surface area contributed by atoms with E-state index in [9.17, 15) is 0 Å². The molecule has 0 saturated heterocycles. The van der Waals surface area contributed by atoms with E-state index in [1.54, 1.807) is 0 Å². The van der Waals surface area contributed by atoms with Gasteiger partial charge in [0.05, 0.1) is 5.60 Å². The first-order valence-corrected chi connectivity index (χ1v) is 2.84.